The summed E-state index contributed by atoms with van der Waals surface area (Å²) >= 11 is 1.87. The van der Waals surface area contributed by atoms with E-state index < -0.39 is 0 Å². The minimum absolute atomic E-state index is 0.132. The molecule has 1 heterocycles. The fourth-order valence-corrected chi connectivity index (χ4v) is 3.82. The lowest BCUT2D eigenvalue weighted by molar-refractivity contribution is 0.212. The molecular weight excluding hydrogens is 238 g/mol. The lowest BCUT2D eigenvalue weighted by Gasteiger charge is -2.37. The number of nitrogens with two attached hydrogens (primary N) is 1. The molecule has 18 heavy (non-hydrogen) atoms. The molecule has 1 nitrogen and oxygen atoms in total. The van der Waals surface area contributed by atoms with Crippen LogP contribution in [0.2, 0.25) is 0 Å². The van der Waals surface area contributed by atoms with Gasteiger partial charge in [0.05, 0.1) is 0 Å². The lowest BCUT2D eigenvalue weighted by atomic mass is 9.73. The van der Waals surface area contributed by atoms with Crippen molar-refractivity contribution in [2.24, 2.45) is 11.7 Å². The molecule has 2 N–H and O–H groups in total. The standard InChI is InChI=1S/C16H27NS/c1-2-3-5-14-7-10-16(17,11-8-14)12-9-15-6-4-13-18-15/h4,6,13-14H,2-3,5,7-12,17H2,1H3. The van der Waals surface area contributed by atoms with Crippen molar-refractivity contribution in [3.8, 4) is 0 Å². The Morgan fingerprint density at radius 3 is 2.78 bits per heavy atom. The van der Waals surface area contributed by atoms with Crippen LogP contribution in [0.3, 0.4) is 0 Å². The smallest absolute Gasteiger partial charge is 0.0158 e. The first-order chi connectivity index (χ1) is 8.72. The highest BCUT2D eigenvalue weighted by Gasteiger charge is 2.30. The number of aryl methyl sites for hydroxylation is 1. The SMILES string of the molecule is CCCCC1CCC(N)(CCc2cccs2)CC1. The van der Waals surface area contributed by atoms with Crippen molar-refractivity contribution in [2.75, 3.05) is 0 Å². The molecule has 1 aromatic rings. The third-order valence-electron chi connectivity index (χ3n) is 4.52. The summed E-state index contributed by atoms with van der Waals surface area (Å²) in [5, 5.41) is 2.17. The van der Waals surface area contributed by atoms with Gasteiger partial charge in [-0.3, -0.25) is 0 Å². The predicted octanol–water partition coefficient (Wildman–Crippen LogP) is 4.76. The zero-order chi connectivity index (χ0) is 12.8. The normalized spacial score (nSPS) is 28.4. The van der Waals surface area contributed by atoms with Gasteiger partial charge in [0, 0.05) is 10.4 Å². The maximum Gasteiger partial charge on any atom is 0.0158 e. The lowest BCUT2D eigenvalue weighted by Crippen LogP contribution is -2.43. The average molecular weight is 265 g/mol. The van der Waals surface area contributed by atoms with Gasteiger partial charge in [0.25, 0.3) is 0 Å². The van der Waals surface area contributed by atoms with Gasteiger partial charge in [-0.2, -0.15) is 0 Å². The molecule has 0 aliphatic heterocycles. The van der Waals surface area contributed by atoms with E-state index in [4.69, 9.17) is 5.73 Å². The van der Waals surface area contributed by atoms with E-state index in [1.54, 1.807) is 0 Å². The molecule has 0 unspecified atom stereocenters. The number of hydrogen-bond donors (Lipinski definition) is 1. The number of unbranched alkanes of at least 4 members (excludes halogenated alkanes) is 1. The van der Waals surface area contributed by atoms with Crippen LogP contribution >= 0.6 is 11.3 Å². The highest BCUT2D eigenvalue weighted by atomic mass is 32.1. The minimum atomic E-state index is 0.132. The van der Waals surface area contributed by atoms with Gasteiger partial charge >= 0.3 is 0 Å². The van der Waals surface area contributed by atoms with E-state index in [1.807, 2.05) is 11.3 Å². The van der Waals surface area contributed by atoms with Crippen LogP contribution in [0.5, 0.6) is 0 Å². The molecule has 1 aromatic heterocycles. The van der Waals surface area contributed by atoms with Crippen LogP contribution in [0.4, 0.5) is 0 Å². The van der Waals surface area contributed by atoms with Gasteiger partial charge in [-0.05, 0) is 55.9 Å². The molecule has 2 rings (SSSR count). The average Bonchev–Trinajstić information content (AvgIpc) is 2.89. The Morgan fingerprint density at radius 1 is 1.39 bits per heavy atom. The molecule has 0 spiro atoms. The van der Waals surface area contributed by atoms with Crippen molar-refractivity contribution in [3.63, 3.8) is 0 Å². The predicted molar refractivity (Wildman–Crippen MR) is 81.0 cm³/mol. The van der Waals surface area contributed by atoms with Crippen molar-refractivity contribution in [2.45, 2.75) is 70.3 Å². The van der Waals surface area contributed by atoms with Crippen molar-refractivity contribution in [3.05, 3.63) is 22.4 Å². The van der Waals surface area contributed by atoms with Crippen molar-refractivity contribution in [1.29, 1.82) is 0 Å². The largest absolute Gasteiger partial charge is 0.325 e. The highest BCUT2D eigenvalue weighted by Crippen LogP contribution is 2.35. The Morgan fingerprint density at radius 2 is 2.17 bits per heavy atom. The first-order valence-electron chi connectivity index (χ1n) is 7.53. The maximum atomic E-state index is 6.57. The minimum Gasteiger partial charge on any atom is -0.325 e. The van der Waals surface area contributed by atoms with Crippen molar-refractivity contribution < 1.29 is 0 Å². The summed E-state index contributed by atoms with van der Waals surface area (Å²) < 4.78 is 0. The summed E-state index contributed by atoms with van der Waals surface area (Å²) in [5.41, 5.74) is 6.70. The van der Waals surface area contributed by atoms with E-state index in [9.17, 15) is 0 Å². The molecule has 0 aromatic carbocycles. The van der Waals surface area contributed by atoms with Gasteiger partial charge in [0.1, 0.15) is 0 Å². The molecule has 0 bridgehead atoms. The summed E-state index contributed by atoms with van der Waals surface area (Å²) in [6.07, 6.45) is 11.7. The van der Waals surface area contributed by atoms with Gasteiger partial charge < -0.3 is 5.73 Å². The van der Waals surface area contributed by atoms with Crippen LogP contribution in [0.25, 0.3) is 0 Å². The molecule has 1 aliphatic rings. The van der Waals surface area contributed by atoms with Crippen LogP contribution in [0.15, 0.2) is 17.5 Å². The summed E-state index contributed by atoms with van der Waals surface area (Å²) in [6.45, 7) is 2.29. The second kappa shape index (κ2) is 6.72. The van der Waals surface area contributed by atoms with E-state index >= 15 is 0 Å². The van der Waals surface area contributed by atoms with Gasteiger partial charge in [-0.1, -0.05) is 32.3 Å². The third-order valence-corrected chi connectivity index (χ3v) is 5.45. The molecule has 0 atom stereocenters. The molecular formula is C16H27NS. The highest BCUT2D eigenvalue weighted by molar-refractivity contribution is 7.09. The third kappa shape index (κ3) is 4.10. The van der Waals surface area contributed by atoms with Crippen LogP contribution in [0.1, 0.15) is 63.2 Å². The summed E-state index contributed by atoms with van der Waals surface area (Å²) in [4.78, 5) is 1.49. The van der Waals surface area contributed by atoms with E-state index in [1.165, 1.54) is 62.7 Å². The first kappa shape index (κ1) is 14.1. The Kier molecular flexibility index (Phi) is 5.25. The van der Waals surface area contributed by atoms with E-state index in [2.05, 4.69) is 24.4 Å². The van der Waals surface area contributed by atoms with Gasteiger partial charge in [0.15, 0.2) is 0 Å². The van der Waals surface area contributed by atoms with E-state index in [0.717, 1.165) is 5.92 Å². The van der Waals surface area contributed by atoms with Gasteiger partial charge in [-0.25, -0.2) is 0 Å². The van der Waals surface area contributed by atoms with Crippen LogP contribution in [0, 0.1) is 5.92 Å². The van der Waals surface area contributed by atoms with E-state index in [-0.39, 0.29) is 5.54 Å². The first-order valence-corrected chi connectivity index (χ1v) is 8.41. The molecule has 2 heteroatoms. The number of hydrogen-bond acceptors (Lipinski definition) is 2. The summed E-state index contributed by atoms with van der Waals surface area (Å²) in [6, 6.07) is 4.38. The Bertz CT molecular complexity index is 323. The molecule has 1 aliphatic carbocycles. The van der Waals surface area contributed by atoms with Crippen molar-refractivity contribution in [1.82, 2.24) is 0 Å². The van der Waals surface area contributed by atoms with Crippen molar-refractivity contribution >= 4 is 11.3 Å². The fourth-order valence-electron chi connectivity index (χ4n) is 3.11. The quantitative estimate of drug-likeness (QED) is 0.788. The van der Waals surface area contributed by atoms with E-state index in [0.29, 0.717) is 0 Å². The van der Waals surface area contributed by atoms with Crippen LogP contribution < -0.4 is 5.73 Å². The molecule has 0 amide bonds. The molecule has 102 valence electrons. The Labute approximate surface area is 116 Å². The van der Waals surface area contributed by atoms with Crippen LogP contribution in [-0.2, 0) is 6.42 Å². The van der Waals surface area contributed by atoms with Gasteiger partial charge in [0.2, 0.25) is 0 Å². The summed E-state index contributed by atoms with van der Waals surface area (Å²) in [7, 11) is 0. The fraction of sp³-hybridized carbons (Fsp3) is 0.750. The Hall–Kier alpha value is -0.340. The summed E-state index contributed by atoms with van der Waals surface area (Å²) in [5.74, 6) is 0.961. The molecule has 0 radical (unpaired) electrons. The zero-order valence-corrected chi connectivity index (χ0v) is 12.5. The monoisotopic (exact) mass is 265 g/mol. The molecule has 1 saturated carbocycles. The number of thiophene rings is 1. The second-order valence-corrected chi connectivity index (χ2v) is 7.06. The molecule has 0 saturated heterocycles. The number of rotatable bonds is 6. The maximum absolute atomic E-state index is 6.57. The van der Waals surface area contributed by atoms with Crippen LogP contribution in [-0.4, -0.2) is 5.54 Å². The van der Waals surface area contributed by atoms with Gasteiger partial charge in [-0.15, -0.1) is 11.3 Å². The Balaban J connectivity index is 1.73. The topological polar surface area (TPSA) is 26.0 Å². The zero-order valence-electron chi connectivity index (χ0n) is 11.7. The molecule has 1 fully saturated rings. The second-order valence-electron chi connectivity index (χ2n) is 6.03.